The molecule has 0 unspecified atom stereocenters. The van der Waals surface area contributed by atoms with E-state index < -0.39 is 0 Å². The second-order valence-corrected chi connectivity index (χ2v) is 12.4. The molecule has 0 atom stereocenters. The van der Waals surface area contributed by atoms with Crippen LogP contribution in [0.5, 0.6) is 0 Å². The summed E-state index contributed by atoms with van der Waals surface area (Å²) in [5.74, 6) is 1.97. The molecule has 8 aromatic rings. The van der Waals surface area contributed by atoms with Crippen molar-refractivity contribution >= 4 is 35.1 Å². The van der Waals surface area contributed by atoms with Crippen molar-refractivity contribution in [3.8, 4) is 55.4 Å². The SMILES string of the molecule is c1ccc(-c2nc(-c3ccccc3)nc(-c3cccc(-c4cccc5c4ccc4nc(-c6ccccc6)[se]c45)c3)n2)cc1. The zero-order chi connectivity index (χ0) is 28.6. The number of hydrogen-bond acceptors (Lipinski definition) is 4. The van der Waals surface area contributed by atoms with Crippen molar-refractivity contribution in [3.63, 3.8) is 0 Å². The van der Waals surface area contributed by atoms with E-state index in [-0.39, 0.29) is 14.5 Å². The van der Waals surface area contributed by atoms with Crippen molar-refractivity contribution in [2.24, 2.45) is 0 Å². The van der Waals surface area contributed by atoms with Crippen LogP contribution in [0, 0.1) is 0 Å². The first kappa shape index (κ1) is 25.5. The molecule has 5 heteroatoms. The molecule has 2 aromatic heterocycles. The first-order valence-electron chi connectivity index (χ1n) is 14.2. The number of benzene rings is 6. The fourth-order valence-electron chi connectivity index (χ4n) is 5.46. The number of rotatable bonds is 5. The van der Waals surface area contributed by atoms with Crippen LogP contribution in [0.4, 0.5) is 0 Å². The van der Waals surface area contributed by atoms with Crippen LogP contribution in [-0.4, -0.2) is 34.4 Å². The third-order valence-corrected chi connectivity index (χ3v) is 9.98. The van der Waals surface area contributed by atoms with Gasteiger partial charge in [0.2, 0.25) is 0 Å². The minimum atomic E-state index is 0.142. The minimum Gasteiger partial charge on any atom is -0.0615 e. The predicted molar refractivity (Wildman–Crippen MR) is 177 cm³/mol. The molecular formula is C38H24N4Se. The van der Waals surface area contributed by atoms with Crippen LogP contribution in [-0.2, 0) is 0 Å². The Morgan fingerprint density at radius 3 is 1.56 bits per heavy atom. The maximum atomic E-state index is 5.02. The molecule has 2 heterocycles. The van der Waals surface area contributed by atoms with E-state index in [0.29, 0.717) is 17.5 Å². The van der Waals surface area contributed by atoms with Gasteiger partial charge in [0, 0.05) is 0 Å². The Kier molecular flexibility index (Phi) is 6.45. The van der Waals surface area contributed by atoms with E-state index in [9.17, 15) is 0 Å². The molecule has 0 spiro atoms. The van der Waals surface area contributed by atoms with E-state index in [4.69, 9.17) is 19.9 Å². The molecule has 0 N–H and O–H groups in total. The Balaban J connectivity index is 1.26. The quantitative estimate of drug-likeness (QED) is 0.181. The third kappa shape index (κ3) is 4.85. The molecule has 8 rings (SSSR count). The van der Waals surface area contributed by atoms with Crippen molar-refractivity contribution in [2.75, 3.05) is 0 Å². The molecule has 43 heavy (non-hydrogen) atoms. The van der Waals surface area contributed by atoms with Gasteiger partial charge in [-0.05, 0) is 0 Å². The second-order valence-electron chi connectivity index (χ2n) is 10.3. The van der Waals surface area contributed by atoms with Crippen LogP contribution in [0.3, 0.4) is 0 Å². The summed E-state index contributed by atoms with van der Waals surface area (Å²) in [6.07, 6.45) is 0. The summed E-state index contributed by atoms with van der Waals surface area (Å²) in [7, 11) is 0. The van der Waals surface area contributed by atoms with Crippen molar-refractivity contribution in [1.29, 1.82) is 0 Å². The summed E-state index contributed by atoms with van der Waals surface area (Å²) in [5, 5.41) is 2.50. The van der Waals surface area contributed by atoms with E-state index in [0.717, 1.165) is 27.8 Å². The van der Waals surface area contributed by atoms with Crippen LogP contribution in [0.2, 0.25) is 0 Å². The van der Waals surface area contributed by atoms with Crippen LogP contribution >= 0.6 is 0 Å². The number of fused-ring (bicyclic) bond motifs is 3. The van der Waals surface area contributed by atoms with Crippen LogP contribution in [0.15, 0.2) is 146 Å². The fourth-order valence-corrected chi connectivity index (χ4v) is 7.76. The van der Waals surface area contributed by atoms with Gasteiger partial charge >= 0.3 is 220 Å². The number of nitrogens with zero attached hydrogens (tertiary/aromatic N) is 4. The van der Waals surface area contributed by atoms with Crippen LogP contribution in [0.1, 0.15) is 0 Å². The Labute approximate surface area is 255 Å². The van der Waals surface area contributed by atoms with Crippen LogP contribution in [0.25, 0.3) is 76.0 Å². The molecule has 0 fully saturated rings. The Morgan fingerprint density at radius 2 is 0.907 bits per heavy atom. The van der Waals surface area contributed by atoms with Crippen LogP contribution < -0.4 is 0 Å². The Hall–Kier alpha value is -5.22. The van der Waals surface area contributed by atoms with Gasteiger partial charge < -0.3 is 0 Å². The summed E-state index contributed by atoms with van der Waals surface area (Å²) >= 11 is 0.142. The molecular weight excluding hydrogens is 591 g/mol. The topological polar surface area (TPSA) is 51.6 Å². The number of aromatic nitrogens is 4. The molecule has 0 aliphatic rings. The molecule has 0 bridgehead atoms. The van der Waals surface area contributed by atoms with E-state index in [1.165, 1.54) is 30.7 Å². The van der Waals surface area contributed by atoms with Gasteiger partial charge in [0.15, 0.2) is 0 Å². The van der Waals surface area contributed by atoms with E-state index in [1.807, 2.05) is 60.7 Å². The smallest absolute Gasteiger partial charge is 0.0615 e. The molecule has 0 aliphatic heterocycles. The van der Waals surface area contributed by atoms with Crippen molar-refractivity contribution in [3.05, 3.63) is 146 Å². The first-order chi connectivity index (χ1) is 21.3. The Bertz CT molecular complexity index is 2170. The molecule has 0 radical (unpaired) electrons. The normalized spacial score (nSPS) is 11.3. The molecule has 0 saturated heterocycles. The van der Waals surface area contributed by atoms with Crippen molar-refractivity contribution < 1.29 is 0 Å². The molecule has 0 saturated carbocycles. The summed E-state index contributed by atoms with van der Waals surface area (Å²) in [6, 6.07) is 50.2. The van der Waals surface area contributed by atoms with Gasteiger partial charge in [0.1, 0.15) is 0 Å². The van der Waals surface area contributed by atoms with E-state index >= 15 is 0 Å². The zero-order valence-corrected chi connectivity index (χ0v) is 24.8. The molecule has 6 aromatic carbocycles. The van der Waals surface area contributed by atoms with Gasteiger partial charge in [-0.15, -0.1) is 0 Å². The van der Waals surface area contributed by atoms with E-state index in [2.05, 4.69) is 84.9 Å². The predicted octanol–water partition coefficient (Wildman–Crippen LogP) is 8.96. The summed E-state index contributed by atoms with van der Waals surface area (Å²) < 4.78 is 2.53. The molecule has 0 aliphatic carbocycles. The standard InChI is InChI=1S/C38H24N4Se/c1-4-12-25(13-5-1)35-40-36(26-14-6-2-7-15-26)42-37(41-35)29-19-10-18-28(24-29)30-20-11-21-32-31(30)22-23-33-34(32)43-38(39-33)27-16-8-3-9-17-27/h1-24H. The van der Waals surface area contributed by atoms with Gasteiger partial charge in [-0.25, -0.2) is 0 Å². The van der Waals surface area contributed by atoms with E-state index in [1.54, 1.807) is 0 Å². The molecule has 202 valence electrons. The van der Waals surface area contributed by atoms with Crippen molar-refractivity contribution in [1.82, 2.24) is 19.9 Å². The molecule has 0 amide bonds. The van der Waals surface area contributed by atoms with Gasteiger partial charge in [-0.2, -0.15) is 0 Å². The number of hydrogen-bond donors (Lipinski definition) is 0. The average Bonchev–Trinajstić information content (AvgIpc) is 3.54. The fraction of sp³-hybridized carbons (Fsp3) is 0. The summed E-state index contributed by atoms with van der Waals surface area (Å²) in [6.45, 7) is 0. The molecule has 4 nitrogen and oxygen atoms in total. The average molecular weight is 616 g/mol. The second kappa shape index (κ2) is 10.9. The van der Waals surface area contributed by atoms with Gasteiger partial charge in [0.25, 0.3) is 0 Å². The Morgan fingerprint density at radius 1 is 0.372 bits per heavy atom. The third-order valence-electron chi connectivity index (χ3n) is 7.56. The van der Waals surface area contributed by atoms with Gasteiger partial charge in [-0.1, -0.05) is 36.4 Å². The van der Waals surface area contributed by atoms with Gasteiger partial charge in [-0.3, -0.25) is 0 Å². The van der Waals surface area contributed by atoms with Gasteiger partial charge in [0.05, 0.1) is 0 Å². The minimum absolute atomic E-state index is 0.142. The summed E-state index contributed by atoms with van der Waals surface area (Å²) in [5.41, 5.74) is 7.48. The zero-order valence-electron chi connectivity index (χ0n) is 23.1. The maximum absolute atomic E-state index is 5.02. The van der Waals surface area contributed by atoms with Crippen molar-refractivity contribution in [2.45, 2.75) is 0 Å². The monoisotopic (exact) mass is 616 g/mol. The first-order valence-corrected chi connectivity index (χ1v) is 15.9. The summed E-state index contributed by atoms with van der Waals surface area (Å²) in [4.78, 5) is 19.8.